The Morgan fingerprint density at radius 3 is 2.68 bits per heavy atom. The normalized spacial score (nSPS) is 15.1. The molecule has 0 bridgehead atoms. The average Bonchev–Trinajstić information content (AvgIpc) is 2.36. The van der Waals surface area contributed by atoms with E-state index in [0.29, 0.717) is 0 Å². The lowest BCUT2D eigenvalue weighted by molar-refractivity contribution is -0.142. The molecule has 2 rings (SSSR count). The van der Waals surface area contributed by atoms with Crippen molar-refractivity contribution >= 4 is 6.09 Å². The molecule has 1 aromatic rings. The van der Waals surface area contributed by atoms with Crippen LogP contribution in [0.5, 0.6) is 0 Å². The molecule has 104 valence electrons. The van der Waals surface area contributed by atoms with Crippen molar-refractivity contribution < 1.29 is 22.7 Å². The molecule has 9 heteroatoms. The number of H-pyrrole nitrogens is 1. The van der Waals surface area contributed by atoms with Crippen LogP contribution in [0.15, 0.2) is 4.79 Å². The summed E-state index contributed by atoms with van der Waals surface area (Å²) in [4.78, 5) is 23.9. The number of hydrogen-bond acceptors (Lipinski definition) is 4. The largest absolute Gasteiger partial charge is 0.453 e. The maximum atomic E-state index is 12.8. The Morgan fingerprint density at radius 2 is 2.11 bits per heavy atom. The van der Waals surface area contributed by atoms with Gasteiger partial charge in [0.05, 0.1) is 13.7 Å². The molecule has 0 spiro atoms. The Bertz CT molecular complexity index is 567. The second kappa shape index (κ2) is 4.56. The Hall–Kier alpha value is -2.06. The Labute approximate surface area is 105 Å². The van der Waals surface area contributed by atoms with E-state index < -0.39 is 23.5 Å². The zero-order chi connectivity index (χ0) is 14.2. The van der Waals surface area contributed by atoms with Crippen molar-refractivity contribution in [2.75, 3.05) is 13.7 Å². The van der Waals surface area contributed by atoms with Gasteiger partial charge in [0.25, 0.3) is 5.56 Å². The van der Waals surface area contributed by atoms with Gasteiger partial charge >= 0.3 is 12.3 Å². The quantitative estimate of drug-likeness (QED) is 0.765. The van der Waals surface area contributed by atoms with Crippen LogP contribution in [0.25, 0.3) is 0 Å². The molecule has 0 saturated heterocycles. The summed E-state index contributed by atoms with van der Waals surface area (Å²) in [6, 6.07) is 0. The van der Waals surface area contributed by atoms with E-state index in [1.807, 2.05) is 5.10 Å². The molecule has 1 aliphatic heterocycles. The summed E-state index contributed by atoms with van der Waals surface area (Å²) in [5.74, 6) is 0. The molecular formula is C10H10F3N3O3. The molecule has 19 heavy (non-hydrogen) atoms. The minimum Gasteiger partial charge on any atom is -0.453 e. The van der Waals surface area contributed by atoms with Crippen molar-refractivity contribution in [1.82, 2.24) is 15.1 Å². The van der Waals surface area contributed by atoms with Crippen LogP contribution in [0.4, 0.5) is 18.0 Å². The Kier molecular flexibility index (Phi) is 3.21. The third-order valence-corrected chi connectivity index (χ3v) is 2.88. The number of hydrogen-bond donors (Lipinski definition) is 1. The van der Waals surface area contributed by atoms with Gasteiger partial charge in [-0.1, -0.05) is 0 Å². The van der Waals surface area contributed by atoms with Crippen LogP contribution in [-0.4, -0.2) is 34.8 Å². The minimum atomic E-state index is -4.69. The summed E-state index contributed by atoms with van der Waals surface area (Å²) in [5.41, 5.74) is -2.08. The molecule has 1 aromatic heterocycles. The first-order chi connectivity index (χ1) is 8.84. The SMILES string of the molecule is COC(=O)N1CCc2c(c(C(F)(F)F)n[nH]c2=O)C1. The van der Waals surface area contributed by atoms with Crippen LogP contribution in [0.3, 0.4) is 0 Å². The minimum absolute atomic E-state index is 0.0162. The van der Waals surface area contributed by atoms with Gasteiger partial charge in [-0.25, -0.2) is 9.89 Å². The summed E-state index contributed by atoms with van der Waals surface area (Å²) >= 11 is 0. The van der Waals surface area contributed by atoms with E-state index in [2.05, 4.69) is 9.84 Å². The molecule has 1 amide bonds. The van der Waals surface area contributed by atoms with Crippen molar-refractivity contribution in [2.45, 2.75) is 19.1 Å². The number of rotatable bonds is 0. The van der Waals surface area contributed by atoms with Crippen LogP contribution < -0.4 is 5.56 Å². The van der Waals surface area contributed by atoms with Crippen molar-refractivity contribution in [3.8, 4) is 0 Å². The number of fused-ring (bicyclic) bond motifs is 1. The third kappa shape index (κ3) is 2.40. The predicted molar refractivity (Wildman–Crippen MR) is 56.4 cm³/mol. The van der Waals surface area contributed by atoms with Crippen molar-refractivity contribution in [1.29, 1.82) is 0 Å². The number of nitrogens with one attached hydrogen (secondary N) is 1. The highest BCUT2D eigenvalue weighted by molar-refractivity contribution is 5.68. The maximum Gasteiger partial charge on any atom is 0.435 e. The fourth-order valence-electron chi connectivity index (χ4n) is 1.99. The summed E-state index contributed by atoms with van der Waals surface area (Å²) < 4.78 is 42.9. The number of carbonyl (C=O) groups excluding carboxylic acids is 1. The first kappa shape index (κ1) is 13.4. The summed E-state index contributed by atoms with van der Waals surface area (Å²) in [5, 5.41) is 4.87. The maximum absolute atomic E-state index is 12.8. The monoisotopic (exact) mass is 277 g/mol. The van der Waals surface area contributed by atoms with Crippen LogP contribution in [-0.2, 0) is 23.9 Å². The molecule has 6 nitrogen and oxygen atoms in total. The molecular weight excluding hydrogens is 267 g/mol. The molecule has 0 atom stereocenters. The van der Waals surface area contributed by atoms with Gasteiger partial charge in [-0.05, 0) is 6.42 Å². The average molecular weight is 277 g/mol. The zero-order valence-electron chi connectivity index (χ0n) is 9.87. The molecule has 1 aliphatic rings. The summed E-state index contributed by atoms with van der Waals surface area (Å²) in [6.07, 6.45) is -5.39. The van der Waals surface area contributed by atoms with Crippen molar-refractivity contribution in [2.24, 2.45) is 0 Å². The highest BCUT2D eigenvalue weighted by Crippen LogP contribution is 2.32. The standard InChI is InChI=1S/C10H10F3N3O3/c1-19-9(18)16-3-2-5-6(4-16)7(10(11,12)13)14-15-8(5)17/h2-4H2,1H3,(H,15,17). The summed E-state index contributed by atoms with van der Waals surface area (Å²) in [6.45, 7) is -0.210. The highest BCUT2D eigenvalue weighted by Gasteiger charge is 2.39. The smallest absolute Gasteiger partial charge is 0.435 e. The second-order valence-corrected chi connectivity index (χ2v) is 4.00. The van der Waals surface area contributed by atoms with E-state index in [9.17, 15) is 22.8 Å². The summed E-state index contributed by atoms with van der Waals surface area (Å²) in [7, 11) is 1.14. The lowest BCUT2D eigenvalue weighted by Gasteiger charge is -2.28. The Morgan fingerprint density at radius 1 is 1.42 bits per heavy atom. The second-order valence-electron chi connectivity index (χ2n) is 4.00. The number of carbonyl (C=O) groups is 1. The van der Waals surface area contributed by atoms with Gasteiger partial charge < -0.3 is 9.64 Å². The van der Waals surface area contributed by atoms with Crippen LogP contribution in [0.2, 0.25) is 0 Å². The molecule has 0 unspecified atom stereocenters. The van der Waals surface area contributed by atoms with E-state index in [4.69, 9.17) is 0 Å². The molecule has 0 radical (unpaired) electrons. The number of halogens is 3. The molecule has 0 aliphatic carbocycles. The van der Waals surface area contributed by atoms with E-state index >= 15 is 0 Å². The molecule has 0 aromatic carbocycles. The van der Waals surface area contributed by atoms with Crippen molar-refractivity contribution in [3.05, 3.63) is 27.2 Å². The number of methoxy groups -OCH3 is 1. The fraction of sp³-hybridized carbons (Fsp3) is 0.500. The zero-order valence-corrected chi connectivity index (χ0v) is 9.87. The fourth-order valence-corrected chi connectivity index (χ4v) is 1.99. The van der Waals surface area contributed by atoms with Gasteiger partial charge in [0.15, 0.2) is 5.69 Å². The van der Waals surface area contributed by atoms with E-state index in [0.717, 1.165) is 12.0 Å². The molecule has 0 saturated carbocycles. The van der Waals surface area contributed by atoms with Gasteiger partial charge in [0.2, 0.25) is 0 Å². The third-order valence-electron chi connectivity index (χ3n) is 2.88. The number of ether oxygens (including phenoxy) is 1. The van der Waals surface area contributed by atoms with E-state index in [-0.39, 0.29) is 30.6 Å². The van der Waals surface area contributed by atoms with Crippen LogP contribution in [0, 0.1) is 0 Å². The first-order valence-electron chi connectivity index (χ1n) is 5.35. The van der Waals surface area contributed by atoms with Crippen LogP contribution in [0.1, 0.15) is 16.8 Å². The number of amides is 1. The van der Waals surface area contributed by atoms with Crippen LogP contribution >= 0.6 is 0 Å². The van der Waals surface area contributed by atoms with E-state index in [1.54, 1.807) is 0 Å². The molecule has 1 N–H and O–H groups in total. The first-order valence-corrected chi connectivity index (χ1v) is 5.35. The van der Waals surface area contributed by atoms with Gasteiger partial charge in [-0.2, -0.15) is 18.3 Å². The number of aromatic nitrogens is 2. The van der Waals surface area contributed by atoms with Gasteiger partial charge in [0.1, 0.15) is 0 Å². The highest BCUT2D eigenvalue weighted by atomic mass is 19.4. The predicted octanol–water partition coefficient (Wildman–Crippen LogP) is 0.913. The number of nitrogens with zero attached hydrogens (tertiary/aromatic N) is 2. The number of alkyl halides is 3. The van der Waals surface area contributed by atoms with Crippen molar-refractivity contribution in [3.63, 3.8) is 0 Å². The van der Waals surface area contributed by atoms with E-state index in [1.165, 1.54) is 0 Å². The lowest BCUT2D eigenvalue weighted by Crippen LogP contribution is -2.40. The topological polar surface area (TPSA) is 75.3 Å². The Balaban J connectivity index is 2.49. The van der Waals surface area contributed by atoms with Gasteiger partial charge in [0, 0.05) is 17.7 Å². The molecule has 2 heterocycles. The molecule has 0 fully saturated rings. The van der Waals surface area contributed by atoms with Gasteiger partial charge in [-0.15, -0.1) is 0 Å². The van der Waals surface area contributed by atoms with Gasteiger partial charge in [-0.3, -0.25) is 4.79 Å². The lowest BCUT2D eigenvalue weighted by atomic mass is 10.00. The number of aromatic amines is 1.